The first-order chi connectivity index (χ1) is 4.54. The van der Waals surface area contributed by atoms with Crippen LogP contribution in [0, 0.1) is 0 Å². The molecule has 0 aromatic carbocycles. The van der Waals surface area contributed by atoms with Crippen molar-refractivity contribution in [2.45, 2.75) is 52.7 Å². The van der Waals surface area contributed by atoms with Gasteiger partial charge in [0.25, 0.3) is 0 Å². The maximum Gasteiger partial charge on any atom is 0.0509 e. The summed E-state index contributed by atoms with van der Waals surface area (Å²) in [6, 6.07) is 0. The Labute approximate surface area is 76.0 Å². The Morgan fingerprint density at radius 3 is 1.00 bits per heavy atom. The van der Waals surface area contributed by atoms with E-state index in [9.17, 15) is 0 Å². The van der Waals surface area contributed by atoms with Crippen LogP contribution in [0.1, 0.15) is 40.5 Å². The average Bonchev–Trinajstić information content (AvgIpc) is 1.89. The van der Waals surface area contributed by atoms with Crippen LogP contribution in [-0.2, 0) is 0 Å². The van der Waals surface area contributed by atoms with Gasteiger partial charge in [0.1, 0.15) is 0 Å². The molecule has 0 saturated heterocycles. The predicted molar refractivity (Wildman–Crippen MR) is 51.2 cm³/mol. The highest BCUT2D eigenvalue weighted by Crippen LogP contribution is 1.82. The third-order valence-electron chi connectivity index (χ3n) is 1.18. The van der Waals surface area contributed by atoms with E-state index in [2.05, 4.69) is 0 Å². The molecule has 2 atom stereocenters. The lowest BCUT2D eigenvalue weighted by atomic mass is 10.3. The van der Waals surface area contributed by atoms with Crippen LogP contribution in [0.3, 0.4) is 0 Å². The molecule has 0 radical (unpaired) electrons. The summed E-state index contributed by atoms with van der Waals surface area (Å²) in [5, 5.41) is 16.7. The molecule has 0 saturated carbocycles. The van der Waals surface area contributed by atoms with Crippen molar-refractivity contribution in [2.24, 2.45) is 0 Å². The van der Waals surface area contributed by atoms with Crippen molar-refractivity contribution in [3.05, 3.63) is 0 Å². The van der Waals surface area contributed by atoms with E-state index in [-0.39, 0.29) is 24.6 Å². The number of aliphatic hydroxyl groups excluding tert-OH is 2. The van der Waals surface area contributed by atoms with Gasteiger partial charge in [0.05, 0.1) is 12.2 Å². The summed E-state index contributed by atoms with van der Waals surface area (Å²) in [6.45, 7) is 7.45. The van der Waals surface area contributed by atoms with E-state index < -0.39 is 0 Å². The van der Waals surface area contributed by atoms with Crippen LogP contribution in [0.25, 0.3) is 0 Å². The van der Waals surface area contributed by atoms with Crippen LogP contribution in [-0.4, -0.2) is 22.4 Å². The normalized spacial score (nSPS) is 13.6. The molecule has 0 aromatic heterocycles. The highest BCUT2D eigenvalue weighted by molar-refractivity contribution is 5.85. The lowest BCUT2D eigenvalue weighted by molar-refractivity contribution is 0.190. The molecule has 0 aliphatic rings. The first-order valence-corrected chi connectivity index (χ1v) is 3.90. The molecule has 72 valence electrons. The van der Waals surface area contributed by atoms with E-state index >= 15 is 0 Å². The van der Waals surface area contributed by atoms with Crippen LogP contribution in [0.5, 0.6) is 0 Å². The molecule has 0 aliphatic carbocycles. The van der Waals surface area contributed by atoms with E-state index in [0.29, 0.717) is 0 Å². The first kappa shape index (κ1) is 17.3. The van der Waals surface area contributed by atoms with Crippen molar-refractivity contribution in [1.29, 1.82) is 0 Å². The van der Waals surface area contributed by atoms with Gasteiger partial charge in [0.15, 0.2) is 0 Å². The Kier molecular flexibility index (Phi) is 20.3. The fourth-order valence-corrected chi connectivity index (χ4v) is 0. The third-order valence-corrected chi connectivity index (χ3v) is 1.18. The second-order valence-electron chi connectivity index (χ2n) is 2.51. The maximum absolute atomic E-state index is 8.36. The molecule has 0 fully saturated rings. The number of rotatable bonds is 2. The van der Waals surface area contributed by atoms with E-state index in [1.807, 2.05) is 13.8 Å². The van der Waals surface area contributed by atoms with Gasteiger partial charge in [-0.1, -0.05) is 13.8 Å². The Balaban J connectivity index is -0.000000107. The van der Waals surface area contributed by atoms with E-state index in [0.717, 1.165) is 12.8 Å². The topological polar surface area (TPSA) is 40.5 Å². The summed E-state index contributed by atoms with van der Waals surface area (Å²) in [4.78, 5) is 0. The molecule has 0 spiro atoms. The van der Waals surface area contributed by atoms with Crippen LogP contribution < -0.4 is 0 Å². The Morgan fingerprint density at radius 1 is 0.909 bits per heavy atom. The zero-order valence-electron chi connectivity index (χ0n) is 7.87. The number of hydrogen-bond donors (Lipinski definition) is 2. The number of aliphatic hydroxyl groups is 2. The van der Waals surface area contributed by atoms with Crippen LogP contribution in [0.15, 0.2) is 0 Å². The predicted octanol–water partition coefficient (Wildman–Crippen LogP) is 1.98. The Morgan fingerprint density at radius 2 is 1.00 bits per heavy atom. The minimum absolute atomic E-state index is 0. The number of hydrogen-bond acceptors (Lipinski definition) is 2. The zero-order valence-corrected chi connectivity index (χ0v) is 8.69. The zero-order chi connectivity index (χ0) is 8.57. The minimum Gasteiger partial charge on any atom is -0.393 e. The van der Waals surface area contributed by atoms with Crippen molar-refractivity contribution in [2.75, 3.05) is 0 Å². The molecular weight excluding hydrogens is 164 g/mol. The van der Waals surface area contributed by atoms with Gasteiger partial charge in [0, 0.05) is 0 Å². The highest BCUT2D eigenvalue weighted by atomic mass is 35.5. The van der Waals surface area contributed by atoms with Gasteiger partial charge >= 0.3 is 0 Å². The molecule has 11 heavy (non-hydrogen) atoms. The Hall–Kier alpha value is 0.210. The van der Waals surface area contributed by atoms with Gasteiger partial charge in [0.2, 0.25) is 0 Å². The quantitative estimate of drug-likeness (QED) is 0.689. The van der Waals surface area contributed by atoms with Crippen molar-refractivity contribution in [3.8, 4) is 0 Å². The smallest absolute Gasteiger partial charge is 0.0509 e. The molecule has 3 heteroatoms. The maximum atomic E-state index is 8.36. The first-order valence-electron chi connectivity index (χ1n) is 3.90. The number of halogens is 1. The molecule has 0 amide bonds. The lowest BCUT2D eigenvalue weighted by Gasteiger charge is -1.90. The second kappa shape index (κ2) is 12.8. The van der Waals surface area contributed by atoms with Crippen LogP contribution >= 0.6 is 12.4 Å². The van der Waals surface area contributed by atoms with Gasteiger partial charge in [-0.3, -0.25) is 0 Å². The molecule has 2 N–H and O–H groups in total. The SMILES string of the molecule is CCC(C)O.CCC(C)O.Cl. The molecular formula is C8H21ClO2. The van der Waals surface area contributed by atoms with Crippen molar-refractivity contribution < 1.29 is 10.2 Å². The highest BCUT2D eigenvalue weighted by Gasteiger charge is 1.82. The molecule has 0 aromatic rings. The summed E-state index contributed by atoms with van der Waals surface area (Å²) < 4.78 is 0. The summed E-state index contributed by atoms with van der Waals surface area (Å²) in [5.41, 5.74) is 0. The van der Waals surface area contributed by atoms with Crippen LogP contribution in [0.4, 0.5) is 0 Å². The van der Waals surface area contributed by atoms with Gasteiger partial charge in [-0.25, -0.2) is 0 Å². The third kappa shape index (κ3) is 38.8. The largest absolute Gasteiger partial charge is 0.393 e. The summed E-state index contributed by atoms with van der Waals surface area (Å²) >= 11 is 0. The molecule has 0 bridgehead atoms. The molecule has 2 nitrogen and oxygen atoms in total. The summed E-state index contributed by atoms with van der Waals surface area (Å²) in [7, 11) is 0. The molecule has 0 rings (SSSR count). The molecule has 0 aliphatic heterocycles. The van der Waals surface area contributed by atoms with Gasteiger partial charge < -0.3 is 10.2 Å². The minimum atomic E-state index is -0.116. The van der Waals surface area contributed by atoms with Crippen molar-refractivity contribution in [1.82, 2.24) is 0 Å². The summed E-state index contributed by atoms with van der Waals surface area (Å²) in [5.74, 6) is 0. The van der Waals surface area contributed by atoms with Crippen molar-refractivity contribution in [3.63, 3.8) is 0 Å². The monoisotopic (exact) mass is 184 g/mol. The van der Waals surface area contributed by atoms with Gasteiger partial charge in [-0.05, 0) is 26.7 Å². The Bertz CT molecular complexity index is 48.1. The van der Waals surface area contributed by atoms with Gasteiger partial charge in [-0.2, -0.15) is 0 Å². The molecule has 0 heterocycles. The lowest BCUT2D eigenvalue weighted by Crippen LogP contribution is -1.93. The second-order valence-corrected chi connectivity index (χ2v) is 2.51. The summed E-state index contributed by atoms with van der Waals surface area (Å²) in [6.07, 6.45) is 1.49. The molecule has 2 unspecified atom stereocenters. The fraction of sp³-hybridized carbons (Fsp3) is 1.00. The van der Waals surface area contributed by atoms with E-state index in [4.69, 9.17) is 10.2 Å². The van der Waals surface area contributed by atoms with Crippen molar-refractivity contribution >= 4 is 12.4 Å². The van der Waals surface area contributed by atoms with E-state index in [1.54, 1.807) is 13.8 Å². The van der Waals surface area contributed by atoms with Crippen LogP contribution in [0.2, 0.25) is 0 Å². The average molecular weight is 185 g/mol. The standard InChI is InChI=1S/2C4H10O.ClH/c2*1-3-4(2)5;/h2*4-5H,3H2,1-2H3;1H. The van der Waals surface area contributed by atoms with E-state index in [1.165, 1.54) is 0 Å². The van der Waals surface area contributed by atoms with Gasteiger partial charge in [-0.15, -0.1) is 12.4 Å². The fourth-order valence-electron chi connectivity index (χ4n) is 0.